The average Bonchev–Trinajstić information content (AvgIpc) is 3.53. The maximum absolute atomic E-state index is 14.5. The van der Waals surface area contributed by atoms with Gasteiger partial charge in [-0.05, 0) is 55.4 Å². The largest absolute Gasteiger partial charge is 0.432 e. The van der Waals surface area contributed by atoms with E-state index in [4.69, 9.17) is 4.74 Å². The normalized spacial score (nSPS) is 23.7. The third-order valence-electron chi connectivity index (χ3n) is 8.69. The Hall–Kier alpha value is -4.10. The minimum atomic E-state index is -2.90. The first-order valence-electron chi connectivity index (χ1n) is 13.9. The molecule has 11 nitrogen and oxygen atoms in total. The predicted octanol–water partition coefficient (Wildman–Crippen LogP) is 3.95. The van der Waals surface area contributed by atoms with Gasteiger partial charge in [0.25, 0.3) is 17.2 Å². The summed E-state index contributed by atoms with van der Waals surface area (Å²) >= 11 is 0. The topological polar surface area (TPSA) is 151 Å². The van der Waals surface area contributed by atoms with Crippen molar-refractivity contribution >= 4 is 36.5 Å². The Balaban J connectivity index is 1.43. The van der Waals surface area contributed by atoms with E-state index in [2.05, 4.69) is 5.10 Å². The fourth-order valence-electron chi connectivity index (χ4n) is 6.95. The number of ether oxygens (including phenoxy) is 1. The van der Waals surface area contributed by atoms with Crippen molar-refractivity contribution in [2.45, 2.75) is 50.2 Å². The van der Waals surface area contributed by atoms with Gasteiger partial charge in [-0.3, -0.25) is 24.8 Å². The minimum absolute atomic E-state index is 0.125. The molecule has 0 unspecified atom stereocenters. The zero-order chi connectivity index (χ0) is 30.0. The van der Waals surface area contributed by atoms with Gasteiger partial charge in [-0.2, -0.15) is 0 Å². The second-order valence-corrected chi connectivity index (χ2v) is 15.7. The number of nitrogens with one attached hydrogen (secondary N) is 1. The van der Waals surface area contributed by atoms with Gasteiger partial charge < -0.3 is 19.5 Å². The summed E-state index contributed by atoms with van der Waals surface area (Å²) in [6, 6.07) is 18.8. The number of H-pyrrole nitrogens is 1. The molecule has 0 bridgehead atoms. The molecular weight excluding hydrogens is 556 g/mol. The highest BCUT2D eigenvalue weighted by atomic mass is 28.4. The Morgan fingerprint density at radius 2 is 1.86 bits per heavy atom. The number of carbonyl (C=O) groups excluding carboxylic acids is 1. The molecule has 1 aromatic heterocycles. The molecule has 1 fully saturated rings. The van der Waals surface area contributed by atoms with E-state index < -0.39 is 36.4 Å². The fraction of sp³-hybridized carbons (Fsp3) is 0.333. The van der Waals surface area contributed by atoms with Crippen LogP contribution in [0.5, 0.6) is 0 Å². The summed E-state index contributed by atoms with van der Waals surface area (Å²) in [7, 11) is -2.90. The molecular formula is C30H32N4O7Si. The highest BCUT2D eigenvalue weighted by Crippen LogP contribution is 2.60. The van der Waals surface area contributed by atoms with E-state index in [1.807, 2.05) is 31.2 Å². The van der Waals surface area contributed by atoms with Crippen LogP contribution in [0.15, 0.2) is 71.5 Å². The molecule has 3 N–H and O–H groups in total. The molecule has 2 aliphatic rings. The van der Waals surface area contributed by atoms with Crippen LogP contribution in [0, 0.1) is 16.0 Å². The summed E-state index contributed by atoms with van der Waals surface area (Å²) in [5.74, 6) is -0.877. The monoisotopic (exact) mass is 588 g/mol. The number of fused-ring (bicyclic) bond motifs is 3. The second kappa shape index (κ2) is 10.0. The molecule has 0 aliphatic carbocycles. The third-order valence-corrected chi connectivity index (χ3v) is 11.2. The maximum Gasteiger partial charge on any atom is 0.279 e. The van der Waals surface area contributed by atoms with E-state index in [-0.39, 0.29) is 36.7 Å². The van der Waals surface area contributed by atoms with Gasteiger partial charge in [-0.15, -0.1) is 0 Å². The summed E-state index contributed by atoms with van der Waals surface area (Å²) in [6.45, 7) is 5.35. The molecule has 218 valence electrons. The zero-order valence-corrected chi connectivity index (χ0v) is 24.5. The number of nitrogens with zero attached hydrogens (tertiary/aromatic N) is 3. The van der Waals surface area contributed by atoms with Gasteiger partial charge in [0.2, 0.25) is 0 Å². The van der Waals surface area contributed by atoms with Gasteiger partial charge in [0.05, 0.1) is 39.8 Å². The molecule has 1 amide bonds. The summed E-state index contributed by atoms with van der Waals surface area (Å²) in [6.07, 6.45) is -0.364. The Bertz CT molecular complexity index is 1780. The van der Waals surface area contributed by atoms with Gasteiger partial charge in [0.1, 0.15) is 0 Å². The molecule has 4 atom stereocenters. The van der Waals surface area contributed by atoms with E-state index in [1.165, 1.54) is 16.8 Å². The lowest BCUT2D eigenvalue weighted by molar-refractivity contribution is -0.385. The lowest BCUT2D eigenvalue weighted by atomic mass is 9.82. The average molecular weight is 589 g/mol. The molecule has 0 saturated carbocycles. The van der Waals surface area contributed by atoms with Crippen LogP contribution < -0.4 is 10.5 Å². The van der Waals surface area contributed by atoms with Crippen molar-refractivity contribution in [2.75, 3.05) is 11.5 Å². The SMILES string of the molecule is C[C@@H]1[C@@H]([Si](C)(C)O)[C@H](CCO)O[C@@]12C(=O)N(Cc1cccc(-n3[nH]c4ccccc4c3=O)c1)c1ccc([N+](=O)[O-])cc12. The predicted molar refractivity (Wildman–Crippen MR) is 159 cm³/mol. The van der Waals surface area contributed by atoms with E-state index in [1.54, 1.807) is 48.3 Å². The number of para-hydroxylation sites is 1. The Labute approximate surface area is 242 Å². The summed E-state index contributed by atoms with van der Waals surface area (Å²) in [4.78, 5) is 51.6. The summed E-state index contributed by atoms with van der Waals surface area (Å²) in [5, 5.41) is 25.2. The van der Waals surface area contributed by atoms with Gasteiger partial charge in [0.15, 0.2) is 13.9 Å². The van der Waals surface area contributed by atoms with Gasteiger partial charge in [-0.25, -0.2) is 4.68 Å². The summed E-state index contributed by atoms with van der Waals surface area (Å²) in [5.41, 5.74) is 0.618. The number of aliphatic hydroxyl groups is 1. The van der Waals surface area contributed by atoms with Crippen molar-refractivity contribution in [2.24, 2.45) is 5.92 Å². The lowest BCUT2D eigenvalue weighted by Crippen LogP contribution is -2.46. The first kappa shape index (κ1) is 28.0. The number of nitro groups is 1. The second-order valence-electron chi connectivity index (χ2n) is 11.7. The number of rotatable bonds is 7. The van der Waals surface area contributed by atoms with Crippen LogP contribution in [0.4, 0.5) is 11.4 Å². The number of aliphatic hydroxyl groups excluding tert-OH is 1. The van der Waals surface area contributed by atoms with E-state index in [0.717, 1.165) is 5.56 Å². The smallest absolute Gasteiger partial charge is 0.279 e. The third kappa shape index (κ3) is 4.21. The molecule has 4 aromatic rings. The highest BCUT2D eigenvalue weighted by Gasteiger charge is 2.66. The molecule has 0 radical (unpaired) electrons. The van der Waals surface area contributed by atoms with Gasteiger partial charge >= 0.3 is 0 Å². The van der Waals surface area contributed by atoms with Crippen LogP contribution in [-0.2, 0) is 21.7 Å². The number of hydrogen-bond acceptors (Lipinski definition) is 7. The highest BCUT2D eigenvalue weighted by molar-refractivity contribution is 6.71. The van der Waals surface area contributed by atoms with Crippen molar-refractivity contribution < 1.29 is 24.4 Å². The Kier molecular flexibility index (Phi) is 6.69. The van der Waals surface area contributed by atoms with Crippen molar-refractivity contribution in [3.8, 4) is 5.69 Å². The van der Waals surface area contributed by atoms with Crippen LogP contribution in [0.25, 0.3) is 16.6 Å². The van der Waals surface area contributed by atoms with E-state index in [0.29, 0.717) is 27.8 Å². The Morgan fingerprint density at radius 1 is 1.10 bits per heavy atom. The molecule has 42 heavy (non-hydrogen) atoms. The number of hydrogen-bond donors (Lipinski definition) is 3. The van der Waals surface area contributed by atoms with Crippen molar-refractivity contribution in [3.63, 3.8) is 0 Å². The van der Waals surface area contributed by atoms with Crippen molar-refractivity contribution in [1.82, 2.24) is 9.78 Å². The number of carbonyl (C=O) groups is 1. The molecule has 3 heterocycles. The molecule has 2 aliphatic heterocycles. The molecule has 3 aromatic carbocycles. The van der Waals surface area contributed by atoms with Crippen LogP contribution in [-0.4, -0.2) is 51.5 Å². The minimum Gasteiger partial charge on any atom is -0.432 e. The van der Waals surface area contributed by atoms with Crippen LogP contribution in [0.1, 0.15) is 24.5 Å². The van der Waals surface area contributed by atoms with Crippen molar-refractivity contribution in [1.29, 1.82) is 0 Å². The number of nitro benzene ring substituents is 1. The maximum atomic E-state index is 14.5. The number of anilines is 1. The van der Waals surface area contributed by atoms with E-state index >= 15 is 0 Å². The number of amides is 1. The number of aromatic nitrogens is 2. The number of benzene rings is 3. The standard InChI is InChI=1S/C30H32N4O7Si/c1-18-27(42(2,3)40)26(13-14-35)41-30(18)23-16-21(34(38)39)11-12-25(23)32(29(30)37)17-19-7-6-8-20(15-19)33-28(36)22-9-4-5-10-24(22)31-33/h4-12,15-16,18,26-27,31,35,40H,13-14,17H2,1-3H3/t18-,26+,27-,30+/m1/s1. The Morgan fingerprint density at radius 3 is 2.55 bits per heavy atom. The molecule has 1 spiro atoms. The molecule has 1 saturated heterocycles. The quantitative estimate of drug-likeness (QED) is 0.168. The molecule has 12 heteroatoms. The molecule has 6 rings (SSSR count). The first-order chi connectivity index (χ1) is 20.0. The van der Waals surface area contributed by atoms with Gasteiger partial charge in [0, 0.05) is 35.8 Å². The van der Waals surface area contributed by atoms with Crippen molar-refractivity contribution in [3.05, 3.63) is 98.3 Å². The van der Waals surface area contributed by atoms with Gasteiger partial charge in [-0.1, -0.05) is 31.2 Å². The van der Waals surface area contributed by atoms with E-state index in [9.17, 15) is 29.6 Å². The zero-order valence-electron chi connectivity index (χ0n) is 23.5. The summed E-state index contributed by atoms with van der Waals surface area (Å²) < 4.78 is 7.99. The first-order valence-corrected chi connectivity index (χ1v) is 16.9. The fourth-order valence-corrected chi connectivity index (χ4v) is 9.55. The number of aromatic amines is 1. The van der Waals surface area contributed by atoms with Crippen LogP contribution in [0.3, 0.4) is 0 Å². The van der Waals surface area contributed by atoms with Crippen LogP contribution in [0.2, 0.25) is 18.6 Å². The van der Waals surface area contributed by atoms with Crippen LogP contribution >= 0.6 is 0 Å². The lowest BCUT2D eigenvalue weighted by Gasteiger charge is -2.32. The number of non-ortho nitro benzene ring substituents is 1.